The van der Waals surface area contributed by atoms with Crippen molar-refractivity contribution in [2.75, 3.05) is 32.9 Å². The molecular weight excluding hydrogens is 293 g/mol. The Morgan fingerprint density at radius 2 is 1.86 bits per heavy atom. The van der Waals surface area contributed by atoms with Crippen LogP contribution in [-0.4, -0.2) is 50.8 Å². The molecule has 5 nitrogen and oxygen atoms in total. The third-order valence-electron chi connectivity index (χ3n) is 4.09. The summed E-state index contributed by atoms with van der Waals surface area (Å²) < 4.78 is 40.5. The summed E-state index contributed by atoms with van der Waals surface area (Å²) in [6.07, 6.45) is 1.55. The summed E-state index contributed by atoms with van der Waals surface area (Å²) in [5.74, 6) is -0.586. The van der Waals surface area contributed by atoms with E-state index in [1.54, 1.807) is 0 Å². The molecule has 1 saturated heterocycles. The van der Waals surface area contributed by atoms with Gasteiger partial charge in [0.1, 0.15) is 5.82 Å². The van der Waals surface area contributed by atoms with Crippen LogP contribution in [0.2, 0.25) is 0 Å². The molecule has 0 aliphatic carbocycles. The molecule has 1 aromatic rings. The maximum atomic E-state index is 13.7. The summed E-state index contributed by atoms with van der Waals surface area (Å²) in [6.45, 7) is 2.36. The molecule has 118 valence electrons. The Morgan fingerprint density at radius 1 is 1.29 bits per heavy atom. The Kier molecular flexibility index (Phi) is 4.55. The van der Waals surface area contributed by atoms with E-state index in [0.717, 1.165) is 18.9 Å². The Balaban J connectivity index is 2.28. The normalized spacial score (nSPS) is 18.3. The molecule has 0 amide bonds. The third-order valence-corrected chi connectivity index (χ3v) is 6.12. The first kappa shape index (κ1) is 16.2. The second-order valence-corrected chi connectivity index (χ2v) is 7.63. The highest BCUT2D eigenvalue weighted by atomic mass is 32.2. The number of nitrogens with two attached hydrogens (primary N) is 1. The summed E-state index contributed by atoms with van der Waals surface area (Å²) in [5.41, 5.74) is 5.84. The number of anilines is 1. The van der Waals surface area contributed by atoms with E-state index in [-0.39, 0.29) is 16.1 Å². The standard InChI is InChI=1S/C14H22FN3O2S/c1-10-13(15)8-11(16)9-14(10)21(19,20)18-6-4-12(5-7-18)17(2)3/h8-9,12H,4-7,16H2,1-3H3. The molecule has 21 heavy (non-hydrogen) atoms. The van der Waals surface area contributed by atoms with Crippen molar-refractivity contribution < 1.29 is 12.8 Å². The second kappa shape index (κ2) is 5.90. The number of hydrogen-bond acceptors (Lipinski definition) is 4. The minimum Gasteiger partial charge on any atom is -0.399 e. The van der Waals surface area contributed by atoms with Crippen LogP contribution >= 0.6 is 0 Å². The predicted molar refractivity (Wildman–Crippen MR) is 81.0 cm³/mol. The molecule has 1 aliphatic heterocycles. The molecule has 0 aromatic heterocycles. The SMILES string of the molecule is Cc1c(F)cc(N)cc1S(=O)(=O)N1CCC(N(C)C)CC1. The molecule has 0 unspecified atom stereocenters. The largest absolute Gasteiger partial charge is 0.399 e. The molecule has 0 atom stereocenters. The topological polar surface area (TPSA) is 66.6 Å². The van der Waals surface area contributed by atoms with E-state index in [4.69, 9.17) is 5.73 Å². The number of halogens is 1. The quantitative estimate of drug-likeness (QED) is 0.857. The zero-order valence-corrected chi connectivity index (χ0v) is 13.5. The lowest BCUT2D eigenvalue weighted by Gasteiger charge is -2.34. The zero-order chi connectivity index (χ0) is 15.8. The summed E-state index contributed by atoms with van der Waals surface area (Å²) in [7, 11) is 0.293. The van der Waals surface area contributed by atoms with Crippen LogP contribution in [0.25, 0.3) is 0 Å². The third kappa shape index (κ3) is 3.20. The van der Waals surface area contributed by atoms with Crippen molar-refractivity contribution in [1.82, 2.24) is 9.21 Å². The van der Waals surface area contributed by atoms with Gasteiger partial charge in [-0.1, -0.05) is 0 Å². The maximum Gasteiger partial charge on any atom is 0.243 e. The van der Waals surface area contributed by atoms with E-state index >= 15 is 0 Å². The molecule has 0 bridgehead atoms. The first-order valence-corrected chi connectivity index (χ1v) is 8.39. The van der Waals surface area contributed by atoms with Gasteiger partial charge in [-0.2, -0.15) is 4.31 Å². The Labute approximate surface area is 125 Å². The molecule has 2 N–H and O–H groups in total. The molecule has 0 spiro atoms. The van der Waals surface area contributed by atoms with Gasteiger partial charge in [0.05, 0.1) is 4.90 Å². The van der Waals surface area contributed by atoms with Crippen molar-refractivity contribution in [3.8, 4) is 0 Å². The first-order chi connectivity index (χ1) is 9.73. The summed E-state index contributed by atoms with van der Waals surface area (Å²) >= 11 is 0. The van der Waals surface area contributed by atoms with Crippen molar-refractivity contribution >= 4 is 15.7 Å². The lowest BCUT2D eigenvalue weighted by molar-refractivity contribution is 0.196. The number of sulfonamides is 1. The highest BCUT2D eigenvalue weighted by Crippen LogP contribution is 2.27. The Morgan fingerprint density at radius 3 is 2.38 bits per heavy atom. The smallest absolute Gasteiger partial charge is 0.243 e. The molecule has 2 rings (SSSR count). The summed E-state index contributed by atoms with van der Waals surface area (Å²) in [4.78, 5) is 2.08. The van der Waals surface area contributed by atoms with E-state index in [1.807, 2.05) is 14.1 Å². The minimum atomic E-state index is -3.69. The van der Waals surface area contributed by atoms with E-state index in [9.17, 15) is 12.8 Å². The van der Waals surface area contributed by atoms with E-state index in [1.165, 1.54) is 17.3 Å². The summed E-state index contributed by atoms with van der Waals surface area (Å²) in [6, 6.07) is 2.87. The van der Waals surface area contributed by atoms with Gasteiger partial charge >= 0.3 is 0 Å². The molecule has 1 aromatic carbocycles. The fraction of sp³-hybridized carbons (Fsp3) is 0.571. The van der Waals surface area contributed by atoms with Crippen LogP contribution in [0.3, 0.4) is 0 Å². The number of hydrogen-bond donors (Lipinski definition) is 1. The van der Waals surface area contributed by atoms with Gasteiger partial charge < -0.3 is 10.6 Å². The van der Waals surface area contributed by atoms with Crippen molar-refractivity contribution in [3.63, 3.8) is 0 Å². The molecule has 1 aliphatic rings. The van der Waals surface area contributed by atoms with Gasteiger partial charge in [0, 0.05) is 30.4 Å². The molecule has 0 saturated carbocycles. The highest BCUT2D eigenvalue weighted by Gasteiger charge is 2.31. The van der Waals surface area contributed by atoms with Crippen LogP contribution in [0.4, 0.5) is 10.1 Å². The van der Waals surface area contributed by atoms with Gasteiger partial charge in [-0.3, -0.25) is 0 Å². The van der Waals surface area contributed by atoms with Gasteiger partial charge in [0.2, 0.25) is 10.0 Å². The lowest BCUT2D eigenvalue weighted by Crippen LogP contribution is -2.44. The number of nitrogen functional groups attached to an aromatic ring is 1. The average molecular weight is 315 g/mol. The average Bonchev–Trinajstić information content (AvgIpc) is 2.42. The first-order valence-electron chi connectivity index (χ1n) is 6.95. The van der Waals surface area contributed by atoms with Crippen LogP contribution in [-0.2, 0) is 10.0 Å². The monoisotopic (exact) mass is 315 g/mol. The van der Waals surface area contributed by atoms with Crippen LogP contribution < -0.4 is 5.73 Å². The Hall–Kier alpha value is -1.18. The van der Waals surface area contributed by atoms with Crippen LogP contribution in [0.1, 0.15) is 18.4 Å². The molecular formula is C14H22FN3O2S. The molecule has 0 radical (unpaired) electrons. The van der Waals surface area contributed by atoms with Gasteiger partial charge in [0.15, 0.2) is 0 Å². The fourth-order valence-electron chi connectivity index (χ4n) is 2.68. The lowest BCUT2D eigenvalue weighted by atomic mass is 10.1. The second-order valence-electron chi connectivity index (χ2n) is 5.72. The zero-order valence-electron chi connectivity index (χ0n) is 12.6. The van der Waals surface area contributed by atoms with Crippen molar-refractivity contribution in [3.05, 3.63) is 23.5 Å². The van der Waals surface area contributed by atoms with Crippen LogP contribution in [0.15, 0.2) is 17.0 Å². The van der Waals surface area contributed by atoms with Crippen LogP contribution in [0, 0.1) is 12.7 Å². The van der Waals surface area contributed by atoms with Crippen molar-refractivity contribution in [1.29, 1.82) is 0 Å². The van der Waals surface area contributed by atoms with E-state index in [2.05, 4.69) is 4.90 Å². The van der Waals surface area contributed by atoms with Gasteiger partial charge in [-0.25, -0.2) is 12.8 Å². The number of benzene rings is 1. The van der Waals surface area contributed by atoms with Crippen molar-refractivity contribution in [2.45, 2.75) is 30.7 Å². The fourth-order valence-corrected chi connectivity index (χ4v) is 4.42. The number of rotatable bonds is 3. The number of piperidine rings is 1. The minimum absolute atomic E-state index is 0.0247. The molecule has 1 heterocycles. The summed E-state index contributed by atoms with van der Waals surface area (Å²) in [5, 5.41) is 0. The van der Waals surface area contributed by atoms with E-state index in [0.29, 0.717) is 19.1 Å². The van der Waals surface area contributed by atoms with Crippen molar-refractivity contribution in [2.24, 2.45) is 0 Å². The Bertz CT molecular complexity index is 623. The highest BCUT2D eigenvalue weighted by molar-refractivity contribution is 7.89. The van der Waals surface area contributed by atoms with Gasteiger partial charge in [0.25, 0.3) is 0 Å². The molecule has 1 fully saturated rings. The maximum absolute atomic E-state index is 13.7. The van der Waals surface area contributed by atoms with Gasteiger partial charge in [-0.05, 0) is 46.0 Å². The van der Waals surface area contributed by atoms with Gasteiger partial charge in [-0.15, -0.1) is 0 Å². The molecule has 7 heteroatoms. The predicted octanol–water partition coefficient (Wildman–Crippen LogP) is 1.43. The van der Waals surface area contributed by atoms with Crippen LogP contribution in [0.5, 0.6) is 0 Å². The number of nitrogens with zero attached hydrogens (tertiary/aromatic N) is 2. The van der Waals surface area contributed by atoms with E-state index < -0.39 is 15.8 Å².